The topological polar surface area (TPSA) is 92.2 Å². The molecule has 5 aromatic rings. The summed E-state index contributed by atoms with van der Waals surface area (Å²) in [6.45, 7) is 2.56. The van der Waals surface area contributed by atoms with E-state index in [9.17, 15) is 8.42 Å². The molecule has 1 aliphatic rings. The fourth-order valence-corrected chi connectivity index (χ4v) is 7.12. The summed E-state index contributed by atoms with van der Waals surface area (Å²) in [4.78, 5) is 11.9. The first-order chi connectivity index (χ1) is 19.8. The number of benzene rings is 3. The molecule has 0 aliphatic heterocycles. The van der Waals surface area contributed by atoms with Crippen molar-refractivity contribution in [3.63, 3.8) is 0 Å². The fourth-order valence-electron chi connectivity index (χ4n) is 5.73. The Bertz CT molecular complexity index is 1790. The van der Waals surface area contributed by atoms with Crippen molar-refractivity contribution in [1.82, 2.24) is 19.3 Å². The summed E-state index contributed by atoms with van der Waals surface area (Å²) in [7, 11) is 0.311. The van der Waals surface area contributed by atoms with Gasteiger partial charge in [-0.25, -0.2) is 17.4 Å². The summed E-state index contributed by atoms with van der Waals surface area (Å²) in [5.41, 5.74) is 3.65. The molecule has 1 fully saturated rings. The molecule has 2 aromatic heterocycles. The molecule has 0 bridgehead atoms. The van der Waals surface area contributed by atoms with E-state index in [1.54, 1.807) is 18.3 Å². The molecule has 0 radical (unpaired) electrons. The molecule has 1 aliphatic carbocycles. The highest BCUT2D eigenvalue weighted by Gasteiger charge is 2.24. The molecule has 6 rings (SSSR count). The minimum atomic E-state index is -3.70. The average molecular weight is 569 g/mol. The van der Waals surface area contributed by atoms with Crippen LogP contribution in [0.25, 0.3) is 21.8 Å². The number of nitrogens with one attached hydrogen (secondary N) is 2. The van der Waals surface area contributed by atoms with E-state index in [0.717, 1.165) is 58.9 Å². The number of para-hydroxylation sites is 2. The van der Waals surface area contributed by atoms with Gasteiger partial charge in [0.05, 0.1) is 15.9 Å². The van der Waals surface area contributed by atoms with Crippen molar-refractivity contribution >= 4 is 43.6 Å². The second-order valence-corrected chi connectivity index (χ2v) is 13.0. The third kappa shape index (κ3) is 5.52. The second-order valence-electron chi connectivity index (χ2n) is 11.1. The first-order valence-electron chi connectivity index (χ1n) is 14.1. The van der Waals surface area contributed by atoms with Gasteiger partial charge in [0, 0.05) is 49.7 Å². The van der Waals surface area contributed by atoms with Crippen LogP contribution in [0, 0.1) is 6.92 Å². The number of rotatable bonds is 8. The van der Waals surface area contributed by atoms with Crippen LogP contribution in [0.5, 0.6) is 0 Å². The van der Waals surface area contributed by atoms with Crippen molar-refractivity contribution in [2.24, 2.45) is 0 Å². The Labute approximate surface area is 241 Å². The summed E-state index contributed by atoms with van der Waals surface area (Å²) in [6.07, 6.45) is 5.83. The van der Waals surface area contributed by atoms with Crippen LogP contribution in [0.1, 0.15) is 36.8 Å². The lowest BCUT2D eigenvalue weighted by atomic mass is 9.91. The van der Waals surface area contributed by atoms with Crippen molar-refractivity contribution in [3.05, 3.63) is 90.1 Å². The van der Waals surface area contributed by atoms with Gasteiger partial charge in [-0.15, -0.1) is 0 Å². The maximum absolute atomic E-state index is 13.5. The van der Waals surface area contributed by atoms with Gasteiger partial charge in [-0.1, -0.05) is 48.0 Å². The molecule has 0 spiro atoms. The zero-order chi connectivity index (χ0) is 28.6. The van der Waals surface area contributed by atoms with E-state index < -0.39 is 10.0 Å². The van der Waals surface area contributed by atoms with Gasteiger partial charge < -0.3 is 15.5 Å². The van der Waals surface area contributed by atoms with E-state index in [4.69, 9.17) is 9.97 Å². The molecule has 0 unspecified atom stereocenters. The Morgan fingerprint density at radius 1 is 0.854 bits per heavy atom. The van der Waals surface area contributed by atoms with Crippen molar-refractivity contribution in [2.45, 2.75) is 56.1 Å². The van der Waals surface area contributed by atoms with Gasteiger partial charge >= 0.3 is 0 Å². The van der Waals surface area contributed by atoms with Crippen LogP contribution in [0.2, 0.25) is 0 Å². The summed E-state index contributed by atoms with van der Waals surface area (Å²) in [5.74, 6) is 1.59. The molecule has 8 nitrogen and oxygen atoms in total. The molecule has 2 heterocycles. The van der Waals surface area contributed by atoms with E-state index in [2.05, 4.69) is 16.7 Å². The Morgan fingerprint density at radius 2 is 1.51 bits per heavy atom. The molecular weight excluding hydrogens is 532 g/mol. The van der Waals surface area contributed by atoms with Gasteiger partial charge in [0.25, 0.3) is 10.0 Å². The van der Waals surface area contributed by atoms with Gasteiger partial charge in [-0.05, 0) is 68.5 Å². The monoisotopic (exact) mass is 568 g/mol. The SMILES string of the molecule is Cc1ccc(S(=O)(=O)n2cc(CN[C@H]3CC[C@@H](Nc4nc(N(C)C)c5ccccc5n4)CC3)c3ccccc32)cc1. The molecule has 3 aromatic carbocycles. The lowest BCUT2D eigenvalue weighted by Crippen LogP contribution is -2.37. The highest BCUT2D eigenvalue weighted by Crippen LogP contribution is 2.29. The first-order valence-corrected chi connectivity index (χ1v) is 15.6. The number of hydrogen-bond acceptors (Lipinski definition) is 7. The number of fused-ring (bicyclic) bond motifs is 2. The molecule has 9 heteroatoms. The number of anilines is 2. The fraction of sp³-hybridized carbons (Fsp3) is 0.312. The number of nitrogens with zero attached hydrogens (tertiary/aromatic N) is 4. The third-order valence-electron chi connectivity index (χ3n) is 7.99. The Balaban J connectivity index is 1.12. The molecular formula is C32H36N6O2S. The van der Waals surface area contributed by atoms with Crippen LogP contribution in [-0.2, 0) is 16.6 Å². The number of aryl methyl sites for hydroxylation is 1. The smallest absolute Gasteiger partial charge is 0.268 e. The summed E-state index contributed by atoms with van der Waals surface area (Å²) >= 11 is 0. The predicted molar refractivity (Wildman–Crippen MR) is 166 cm³/mol. The Hall–Kier alpha value is -3.95. The predicted octanol–water partition coefficient (Wildman–Crippen LogP) is 5.71. The molecule has 0 atom stereocenters. The third-order valence-corrected chi connectivity index (χ3v) is 9.67. The van der Waals surface area contributed by atoms with Crippen LogP contribution in [0.3, 0.4) is 0 Å². The Morgan fingerprint density at radius 3 is 2.24 bits per heavy atom. The summed E-state index contributed by atoms with van der Waals surface area (Å²) < 4.78 is 28.5. The lowest BCUT2D eigenvalue weighted by molar-refractivity contribution is 0.352. The van der Waals surface area contributed by atoms with Gasteiger partial charge in [0.1, 0.15) is 5.82 Å². The van der Waals surface area contributed by atoms with E-state index >= 15 is 0 Å². The van der Waals surface area contributed by atoms with Gasteiger partial charge in [-0.2, -0.15) is 4.98 Å². The standard InChI is InChI=1S/C32H36N6O2S/c1-22-12-18-26(19-13-22)41(39,40)38-21-23(27-8-5-7-11-30(27)38)20-33-24-14-16-25(17-15-24)34-32-35-29-10-6-4-9-28(29)31(36-32)37(2)3/h4-13,18-19,21,24-25,33H,14-17,20H2,1-3H3,(H,34,35,36)/t24-,25+. The van der Waals surface area contributed by atoms with Crippen molar-refractivity contribution in [2.75, 3.05) is 24.3 Å². The zero-order valence-corrected chi connectivity index (χ0v) is 24.5. The minimum absolute atomic E-state index is 0.294. The normalized spacial score (nSPS) is 17.6. The average Bonchev–Trinajstić information content (AvgIpc) is 3.36. The maximum Gasteiger partial charge on any atom is 0.268 e. The zero-order valence-electron chi connectivity index (χ0n) is 23.7. The van der Waals surface area contributed by atoms with Crippen molar-refractivity contribution in [3.8, 4) is 0 Å². The van der Waals surface area contributed by atoms with E-state index in [1.807, 2.05) is 80.5 Å². The van der Waals surface area contributed by atoms with Gasteiger partial charge in [-0.3, -0.25) is 0 Å². The van der Waals surface area contributed by atoms with Crippen LogP contribution in [-0.4, -0.2) is 48.5 Å². The second kappa shape index (κ2) is 11.1. The summed E-state index contributed by atoms with van der Waals surface area (Å²) in [5, 5.41) is 9.28. The van der Waals surface area contributed by atoms with E-state index in [0.29, 0.717) is 35.0 Å². The maximum atomic E-state index is 13.5. The molecule has 1 saturated carbocycles. The van der Waals surface area contributed by atoms with Crippen LogP contribution >= 0.6 is 0 Å². The quantitative estimate of drug-likeness (QED) is 0.248. The minimum Gasteiger partial charge on any atom is -0.362 e. The molecule has 0 amide bonds. The molecule has 41 heavy (non-hydrogen) atoms. The lowest BCUT2D eigenvalue weighted by Gasteiger charge is -2.30. The van der Waals surface area contributed by atoms with Crippen molar-refractivity contribution < 1.29 is 8.42 Å². The van der Waals surface area contributed by atoms with Crippen LogP contribution in [0.15, 0.2) is 83.9 Å². The van der Waals surface area contributed by atoms with Crippen LogP contribution < -0.4 is 15.5 Å². The number of hydrogen-bond donors (Lipinski definition) is 2. The highest BCUT2D eigenvalue weighted by atomic mass is 32.2. The van der Waals surface area contributed by atoms with Gasteiger partial charge in [0.15, 0.2) is 0 Å². The van der Waals surface area contributed by atoms with E-state index in [-0.39, 0.29) is 0 Å². The molecule has 2 N–H and O–H groups in total. The Kier molecular flexibility index (Phi) is 7.40. The van der Waals surface area contributed by atoms with E-state index in [1.165, 1.54) is 3.97 Å². The van der Waals surface area contributed by atoms with Gasteiger partial charge in [0.2, 0.25) is 5.95 Å². The molecule has 0 saturated heterocycles. The largest absolute Gasteiger partial charge is 0.362 e. The van der Waals surface area contributed by atoms with Crippen molar-refractivity contribution in [1.29, 1.82) is 0 Å². The highest BCUT2D eigenvalue weighted by molar-refractivity contribution is 7.90. The molecule has 212 valence electrons. The number of aromatic nitrogens is 3. The first kappa shape index (κ1) is 27.2. The summed E-state index contributed by atoms with van der Waals surface area (Å²) in [6, 6.07) is 23.5. The van der Waals surface area contributed by atoms with Crippen LogP contribution in [0.4, 0.5) is 11.8 Å².